The first-order valence-electron chi connectivity index (χ1n) is 15.9. The molecule has 0 spiro atoms. The maximum atomic E-state index is 12.2. The summed E-state index contributed by atoms with van der Waals surface area (Å²) in [6, 6.07) is 19.6. The molecule has 6 aromatic rings. The molecular formula is C34H21N8Na3O14S3. The second kappa shape index (κ2) is 20.9. The summed E-state index contributed by atoms with van der Waals surface area (Å²) >= 11 is 0. The van der Waals surface area contributed by atoms with Crippen LogP contribution in [0, 0.1) is 10.1 Å². The van der Waals surface area contributed by atoms with Gasteiger partial charge in [0.05, 0.1) is 47.7 Å². The molecule has 0 amide bonds. The number of nitrogens with zero attached hydrogens (tertiary/aromatic N) is 7. The molecule has 28 heteroatoms. The summed E-state index contributed by atoms with van der Waals surface area (Å²) in [7, 11) is -15.6. The van der Waals surface area contributed by atoms with Crippen molar-refractivity contribution in [3.8, 4) is 17.2 Å². The van der Waals surface area contributed by atoms with Crippen molar-refractivity contribution in [2.75, 3.05) is 5.32 Å². The Balaban J connectivity index is 0.00000341. The molecule has 0 fully saturated rings. The Hall–Kier alpha value is -4.29. The number of phenols is 3. The fraction of sp³-hybridized carbons (Fsp3) is 0. The van der Waals surface area contributed by atoms with Crippen molar-refractivity contribution in [3.63, 3.8) is 0 Å². The number of rotatable bonds is 12. The van der Waals surface area contributed by atoms with Gasteiger partial charge in [-0.1, -0.05) is 18.2 Å². The van der Waals surface area contributed by atoms with E-state index in [1.165, 1.54) is 24.3 Å². The molecule has 0 bridgehead atoms. The van der Waals surface area contributed by atoms with Crippen molar-refractivity contribution in [1.82, 2.24) is 0 Å². The van der Waals surface area contributed by atoms with Crippen LogP contribution >= 0.6 is 0 Å². The van der Waals surface area contributed by atoms with Gasteiger partial charge in [0.2, 0.25) is 0 Å². The van der Waals surface area contributed by atoms with Crippen LogP contribution in [0.1, 0.15) is 0 Å². The summed E-state index contributed by atoms with van der Waals surface area (Å²) in [6.07, 6.45) is 0. The van der Waals surface area contributed by atoms with Gasteiger partial charge in [-0.05, 0) is 72.1 Å². The SMILES string of the molecule is O=[N+]([O-])c1ccc(N=Nc2cc(N=Nc3ccc(Nc4ccccc4)c(S(=O)(=O)[O-])c3)c(O)c(N=Nc3cc(S(=O)(=O)[O-])cc4cc(S(=O)(=O)[O-])cc(O)c34)c2O)cc1.[Na+].[Na+].[Na+]. The molecule has 0 aliphatic rings. The van der Waals surface area contributed by atoms with Gasteiger partial charge in [0, 0.05) is 23.9 Å². The van der Waals surface area contributed by atoms with Gasteiger partial charge in [0.15, 0.2) is 17.2 Å². The van der Waals surface area contributed by atoms with Gasteiger partial charge in [0.1, 0.15) is 47.5 Å². The molecule has 0 saturated heterocycles. The van der Waals surface area contributed by atoms with Crippen LogP contribution in [0.2, 0.25) is 0 Å². The zero-order valence-electron chi connectivity index (χ0n) is 32.0. The third kappa shape index (κ3) is 12.5. The predicted octanol–water partition coefficient (Wildman–Crippen LogP) is -1.42. The molecule has 0 aromatic heterocycles. The molecule has 0 aliphatic carbocycles. The number of fused-ring (bicyclic) bond motifs is 1. The van der Waals surface area contributed by atoms with Crippen LogP contribution in [-0.2, 0) is 30.4 Å². The van der Waals surface area contributed by atoms with Gasteiger partial charge < -0.3 is 34.3 Å². The number of aromatic hydroxyl groups is 3. The molecule has 6 rings (SSSR count). The number of nitro groups is 1. The fourth-order valence-corrected chi connectivity index (χ4v) is 6.89. The molecule has 0 unspecified atom stereocenters. The second-order valence-electron chi connectivity index (χ2n) is 11.9. The smallest absolute Gasteiger partial charge is 0.744 e. The van der Waals surface area contributed by atoms with Gasteiger partial charge >= 0.3 is 88.7 Å². The Bertz CT molecular complexity index is 3120. The Morgan fingerprint density at radius 3 is 1.60 bits per heavy atom. The first-order valence-corrected chi connectivity index (χ1v) is 20.1. The molecular weight excluding hydrogens is 910 g/mol. The molecule has 0 heterocycles. The Labute approximate surface area is 416 Å². The van der Waals surface area contributed by atoms with Crippen molar-refractivity contribution in [3.05, 3.63) is 113 Å². The molecule has 0 saturated carbocycles. The zero-order valence-corrected chi connectivity index (χ0v) is 40.5. The summed E-state index contributed by atoms with van der Waals surface area (Å²) in [4.78, 5) is 7.65. The fourth-order valence-electron chi connectivity index (χ4n) is 5.18. The molecule has 0 radical (unpaired) electrons. The molecule has 62 heavy (non-hydrogen) atoms. The Kier molecular flexibility index (Phi) is 17.6. The van der Waals surface area contributed by atoms with Crippen LogP contribution in [-0.4, -0.2) is 59.2 Å². The van der Waals surface area contributed by atoms with Crippen LogP contribution < -0.4 is 94.0 Å². The monoisotopic (exact) mass is 930 g/mol. The van der Waals surface area contributed by atoms with Crippen LogP contribution in [0.15, 0.2) is 149 Å². The van der Waals surface area contributed by atoms with Crippen LogP contribution in [0.4, 0.5) is 51.2 Å². The van der Waals surface area contributed by atoms with Crippen molar-refractivity contribution >= 4 is 92.3 Å². The summed E-state index contributed by atoms with van der Waals surface area (Å²) in [5.41, 5.74) is -2.77. The minimum atomic E-state index is -5.31. The number of azo groups is 3. The molecule has 302 valence electrons. The van der Waals surface area contributed by atoms with E-state index in [1.54, 1.807) is 30.3 Å². The van der Waals surface area contributed by atoms with E-state index in [1.807, 2.05) is 0 Å². The Morgan fingerprint density at radius 1 is 0.548 bits per heavy atom. The van der Waals surface area contributed by atoms with E-state index in [0.717, 1.165) is 24.3 Å². The number of non-ortho nitro benzene ring substituents is 1. The number of phenolic OH excluding ortho intramolecular Hbond substituents is 3. The normalized spacial score (nSPS) is 11.9. The van der Waals surface area contributed by atoms with Gasteiger partial charge in [-0.2, -0.15) is 10.2 Å². The number of nitrogens with one attached hydrogen (secondary N) is 1. The van der Waals surface area contributed by atoms with Gasteiger partial charge in [0.25, 0.3) is 5.69 Å². The number of para-hydroxylation sites is 1. The van der Waals surface area contributed by atoms with Crippen molar-refractivity contribution in [1.29, 1.82) is 0 Å². The van der Waals surface area contributed by atoms with Gasteiger partial charge in [-0.25, -0.2) is 25.3 Å². The first kappa shape index (κ1) is 52.1. The number of hydrogen-bond donors (Lipinski definition) is 4. The van der Waals surface area contributed by atoms with E-state index in [2.05, 4.69) is 36.0 Å². The average Bonchev–Trinajstić information content (AvgIpc) is 3.16. The molecule has 4 N–H and O–H groups in total. The van der Waals surface area contributed by atoms with E-state index in [0.29, 0.717) is 30.0 Å². The minimum absolute atomic E-state index is 0. The molecule has 0 atom stereocenters. The van der Waals surface area contributed by atoms with E-state index >= 15 is 0 Å². The van der Waals surface area contributed by atoms with Crippen molar-refractivity contribution in [2.24, 2.45) is 30.7 Å². The summed E-state index contributed by atoms with van der Waals surface area (Å²) in [5, 5.41) is 69.1. The van der Waals surface area contributed by atoms with Crippen LogP contribution in [0.25, 0.3) is 10.8 Å². The number of benzene rings is 6. The van der Waals surface area contributed by atoms with E-state index < -0.39 is 101 Å². The predicted molar refractivity (Wildman–Crippen MR) is 201 cm³/mol. The molecule has 0 aliphatic heterocycles. The number of hydrogen-bond acceptors (Lipinski definition) is 21. The van der Waals surface area contributed by atoms with Crippen molar-refractivity contribution in [2.45, 2.75) is 14.7 Å². The minimum Gasteiger partial charge on any atom is -0.744 e. The molecule has 6 aromatic carbocycles. The van der Waals surface area contributed by atoms with Gasteiger partial charge in [-0.15, -0.1) is 20.5 Å². The molecule has 22 nitrogen and oxygen atoms in total. The summed E-state index contributed by atoms with van der Waals surface area (Å²) < 4.78 is 108. The maximum Gasteiger partial charge on any atom is 1.00 e. The van der Waals surface area contributed by atoms with E-state index in [4.69, 9.17) is 0 Å². The van der Waals surface area contributed by atoms with Gasteiger partial charge in [-0.3, -0.25) is 10.1 Å². The number of nitro benzene ring substituents is 1. The topological polar surface area (TPSA) is 362 Å². The quantitative estimate of drug-likeness (QED) is 0.0360. The largest absolute Gasteiger partial charge is 1.00 e. The summed E-state index contributed by atoms with van der Waals surface area (Å²) in [6.45, 7) is 0. The van der Waals surface area contributed by atoms with Crippen LogP contribution in [0.3, 0.4) is 0 Å². The zero-order chi connectivity index (χ0) is 42.9. The first-order chi connectivity index (χ1) is 27.7. The van der Waals surface area contributed by atoms with Crippen molar-refractivity contribution < 1.29 is 148 Å². The third-order valence-corrected chi connectivity index (χ3v) is 10.4. The third-order valence-electron chi connectivity index (χ3n) is 7.89. The summed E-state index contributed by atoms with van der Waals surface area (Å²) in [5.74, 6) is -2.92. The second-order valence-corrected chi connectivity index (χ2v) is 16.0. The Morgan fingerprint density at radius 2 is 1.06 bits per heavy atom. The van der Waals surface area contributed by atoms with E-state index in [9.17, 15) is 64.3 Å². The van der Waals surface area contributed by atoms with E-state index in [-0.39, 0.29) is 111 Å². The van der Waals surface area contributed by atoms with Crippen LogP contribution in [0.5, 0.6) is 17.2 Å². The average molecular weight is 931 g/mol. The number of anilines is 2. The standard InChI is InChI=1S/C34H24N8O14S3.3Na/c43-29-16-24(58(51,52)53)13-18-12-23(57(48,49)50)15-26(31(18)29)38-41-32-33(44)27(39-36-20-6-9-22(10-7-20)42(46)47)17-28(34(32)45)40-37-21-8-11-25(30(14-21)59(54,55)56)35-19-4-2-1-3-5-19;;;/h1-17,35,43-45H,(H,48,49,50)(H,51,52,53)(H,54,55,56);;;/q;3*+1/p-3. The maximum absolute atomic E-state index is 12.2.